The molecule has 0 aliphatic carbocycles. The molecule has 14 heavy (non-hydrogen) atoms. The first-order valence-corrected chi connectivity index (χ1v) is 4.87. The van der Waals surface area contributed by atoms with Crippen molar-refractivity contribution in [2.75, 3.05) is 5.88 Å². The molecule has 0 saturated heterocycles. The molecule has 74 valence electrons. The van der Waals surface area contributed by atoms with E-state index >= 15 is 0 Å². The minimum Gasteiger partial charge on any atom is -0.314 e. The van der Waals surface area contributed by atoms with E-state index in [2.05, 4.69) is 0 Å². The van der Waals surface area contributed by atoms with Crippen LogP contribution in [0.4, 0.5) is 0 Å². The first kappa shape index (κ1) is 10.8. The Bertz CT molecular complexity index is 405. The molecule has 0 aromatic carbocycles. The molecule has 4 heteroatoms. The summed E-state index contributed by atoms with van der Waals surface area (Å²) < 4.78 is 1.52. The Hall–Kier alpha value is -1.27. The fraction of sp³-hybridized carbons (Fsp3) is 0.400. The van der Waals surface area contributed by atoms with Crippen LogP contribution >= 0.6 is 11.6 Å². The third-order valence-corrected chi connectivity index (χ3v) is 2.41. The van der Waals surface area contributed by atoms with Crippen LogP contribution in [0.2, 0.25) is 0 Å². The third kappa shape index (κ3) is 2.61. The summed E-state index contributed by atoms with van der Waals surface area (Å²) in [7, 11) is 0. The van der Waals surface area contributed by atoms with Crippen LogP contribution < -0.4 is 5.56 Å². The molecule has 1 heterocycles. The van der Waals surface area contributed by atoms with Crippen molar-refractivity contribution in [1.82, 2.24) is 4.57 Å². The number of rotatable bonds is 3. The second kappa shape index (κ2) is 4.83. The number of nitriles is 1. The Morgan fingerprint density at radius 2 is 2.36 bits per heavy atom. The molecule has 1 atom stereocenters. The molecular formula is C10H11ClN2O. The van der Waals surface area contributed by atoms with E-state index in [1.807, 2.05) is 13.0 Å². The molecule has 1 unspecified atom stereocenters. The average molecular weight is 211 g/mol. The molecule has 1 rings (SSSR count). The van der Waals surface area contributed by atoms with Gasteiger partial charge in [0.25, 0.3) is 5.56 Å². The standard InChI is InChI=1S/C10H11ClN2O/c1-8(4-11)6-13-7-9(5-12)2-3-10(13)14/h2-3,7-8H,4,6H2,1H3. The summed E-state index contributed by atoms with van der Waals surface area (Å²) in [6, 6.07) is 4.91. The highest BCUT2D eigenvalue weighted by molar-refractivity contribution is 6.18. The third-order valence-electron chi connectivity index (χ3n) is 1.88. The van der Waals surface area contributed by atoms with Crippen LogP contribution in [0.25, 0.3) is 0 Å². The van der Waals surface area contributed by atoms with Gasteiger partial charge in [-0.25, -0.2) is 0 Å². The van der Waals surface area contributed by atoms with Gasteiger partial charge in [0.05, 0.1) is 5.56 Å². The predicted octanol–water partition coefficient (Wildman–Crippen LogP) is 1.59. The van der Waals surface area contributed by atoms with Gasteiger partial charge in [-0.15, -0.1) is 11.6 Å². The summed E-state index contributed by atoms with van der Waals surface area (Å²) in [5.41, 5.74) is 0.396. The molecular weight excluding hydrogens is 200 g/mol. The summed E-state index contributed by atoms with van der Waals surface area (Å²) in [5, 5.41) is 8.65. The fourth-order valence-corrected chi connectivity index (χ4v) is 1.22. The zero-order chi connectivity index (χ0) is 10.6. The van der Waals surface area contributed by atoms with E-state index in [1.54, 1.807) is 6.20 Å². The van der Waals surface area contributed by atoms with Crippen LogP contribution in [0.1, 0.15) is 12.5 Å². The molecule has 0 saturated carbocycles. The maximum absolute atomic E-state index is 11.3. The monoisotopic (exact) mass is 210 g/mol. The molecule has 3 nitrogen and oxygen atoms in total. The van der Waals surface area contributed by atoms with Crippen molar-refractivity contribution in [2.45, 2.75) is 13.5 Å². The summed E-state index contributed by atoms with van der Waals surface area (Å²) in [6.07, 6.45) is 1.56. The highest BCUT2D eigenvalue weighted by atomic mass is 35.5. The van der Waals surface area contributed by atoms with Gasteiger partial charge < -0.3 is 4.57 Å². The van der Waals surface area contributed by atoms with Crippen LogP contribution in [0.15, 0.2) is 23.1 Å². The van der Waals surface area contributed by atoms with Crippen molar-refractivity contribution < 1.29 is 0 Å². The Morgan fingerprint density at radius 3 is 2.93 bits per heavy atom. The molecule has 1 aromatic rings. The van der Waals surface area contributed by atoms with E-state index in [0.29, 0.717) is 18.0 Å². The SMILES string of the molecule is CC(CCl)Cn1cc(C#N)ccc1=O. The van der Waals surface area contributed by atoms with Gasteiger partial charge in [-0.1, -0.05) is 6.92 Å². The van der Waals surface area contributed by atoms with E-state index in [-0.39, 0.29) is 11.5 Å². The lowest BCUT2D eigenvalue weighted by molar-refractivity contribution is 0.515. The van der Waals surface area contributed by atoms with Crippen LogP contribution in [0.5, 0.6) is 0 Å². The highest BCUT2D eigenvalue weighted by Crippen LogP contribution is 2.02. The van der Waals surface area contributed by atoms with Gasteiger partial charge in [0.15, 0.2) is 0 Å². The molecule has 0 bridgehead atoms. The van der Waals surface area contributed by atoms with Crippen LogP contribution in [0, 0.1) is 17.2 Å². The number of halogens is 1. The van der Waals surface area contributed by atoms with Crippen molar-refractivity contribution >= 4 is 11.6 Å². The Kier molecular flexibility index (Phi) is 3.73. The lowest BCUT2D eigenvalue weighted by Gasteiger charge is -2.09. The highest BCUT2D eigenvalue weighted by Gasteiger charge is 2.03. The maximum Gasteiger partial charge on any atom is 0.250 e. The lowest BCUT2D eigenvalue weighted by atomic mass is 10.2. The summed E-state index contributed by atoms with van der Waals surface area (Å²) >= 11 is 5.65. The van der Waals surface area contributed by atoms with Crippen molar-refractivity contribution in [3.05, 3.63) is 34.2 Å². The lowest BCUT2D eigenvalue weighted by Crippen LogP contribution is -2.22. The topological polar surface area (TPSA) is 45.8 Å². The molecule has 0 amide bonds. The van der Waals surface area contributed by atoms with E-state index in [4.69, 9.17) is 16.9 Å². The Morgan fingerprint density at radius 1 is 1.64 bits per heavy atom. The first-order chi connectivity index (χ1) is 6.67. The molecule has 1 aromatic heterocycles. The predicted molar refractivity (Wildman–Crippen MR) is 55.3 cm³/mol. The minimum absolute atomic E-state index is 0.0963. The van der Waals surface area contributed by atoms with E-state index in [1.165, 1.54) is 16.7 Å². The largest absolute Gasteiger partial charge is 0.314 e. The van der Waals surface area contributed by atoms with Crippen LogP contribution in [-0.4, -0.2) is 10.4 Å². The van der Waals surface area contributed by atoms with Crippen molar-refractivity contribution in [3.63, 3.8) is 0 Å². The summed E-state index contributed by atoms with van der Waals surface area (Å²) in [6.45, 7) is 2.51. The maximum atomic E-state index is 11.3. The zero-order valence-electron chi connectivity index (χ0n) is 7.90. The molecule has 0 N–H and O–H groups in total. The number of alkyl halides is 1. The number of hydrogen-bond acceptors (Lipinski definition) is 2. The van der Waals surface area contributed by atoms with E-state index < -0.39 is 0 Å². The molecule has 0 spiro atoms. The second-order valence-electron chi connectivity index (χ2n) is 3.28. The van der Waals surface area contributed by atoms with Crippen molar-refractivity contribution in [2.24, 2.45) is 5.92 Å². The molecule has 0 radical (unpaired) electrons. The van der Waals surface area contributed by atoms with E-state index in [9.17, 15) is 4.79 Å². The summed E-state index contributed by atoms with van der Waals surface area (Å²) in [5.74, 6) is 0.728. The Labute approximate surface area is 87.5 Å². The van der Waals surface area contributed by atoms with Crippen molar-refractivity contribution in [3.8, 4) is 6.07 Å². The molecule has 0 aliphatic heterocycles. The van der Waals surface area contributed by atoms with Gasteiger partial charge in [0, 0.05) is 24.7 Å². The van der Waals surface area contributed by atoms with Gasteiger partial charge in [-0.05, 0) is 12.0 Å². The van der Waals surface area contributed by atoms with Crippen molar-refractivity contribution in [1.29, 1.82) is 5.26 Å². The quantitative estimate of drug-likeness (QED) is 0.712. The van der Waals surface area contributed by atoms with Gasteiger partial charge in [0.1, 0.15) is 6.07 Å². The fourth-order valence-electron chi connectivity index (χ4n) is 1.12. The minimum atomic E-state index is -0.0963. The molecule has 0 fully saturated rings. The smallest absolute Gasteiger partial charge is 0.250 e. The number of pyridine rings is 1. The van der Waals surface area contributed by atoms with Gasteiger partial charge in [0.2, 0.25) is 0 Å². The number of aromatic nitrogens is 1. The number of hydrogen-bond donors (Lipinski definition) is 0. The summed E-state index contributed by atoms with van der Waals surface area (Å²) in [4.78, 5) is 11.3. The Balaban J connectivity index is 2.96. The van der Waals surface area contributed by atoms with Crippen LogP contribution in [-0.2, 0) is 6.54 Å². The van der Waals surface area contributed by atoms with Gasteiger partial charge in [-0.2, -0.15) is 5.26 Å². The van der Waals surface area contributed by atoms with Gasteiger partial charge >= 0.3 is 0 Å². The molecule has 0 aliphatic rings. The number of nitrogens with zero attached hydrogens (tertiary/aromatic N) is 2. The average Bonchev–Trinajstić information content (AvgIpc) is 2.21. The van der Waals surface area contributed by atoms with Gasteiger partial charge in [-0.3, -0.25) is 4.79 Å². The van der Waals surface area contributed by atoms with Crippen LogP contribution in [0.3, 0.4) is 0 Å². The second-order valence-corrected chi connectivity index (χ2v) is 3.59. The zero-order valence-corrected chi connectivity index (χ0v) is 8.66. The first-order valence-electron chi connectivity index (χ1n) is 4.34. The van der Waals surface area contributed by atoms with E-state index in [0.717, 1.165) is 0 Å². The normalized spacial score (nSPS) is 12.1.